The fourth-order valence-electron chi connectivity index (χ4n) is 1.46. The average molecular weight is 283 g/mol. The number of aromatic nitrogens is 3. The van der Waals surface area contributed by atoms with Gasteiger partial charge in [-0.1, -0.05) is 0 Å². The van der Waals surface area contributed by atoms with Crippen LogP contribution in [-0.4, -0.2) is 30.3 Å². The van der Waals surface area contributed by atoms with Crippen molar-refractivity contribution in [1.29, 1.82) is 0 Å². The fourth-order valence-corrected chi connectivity index (χ4v) is 2.61. The van der Waals surface area contributed by atoms with Crippen LogP contribution in [0.15, 0.2) is 29.4 Å². The van der Waals surface area contributed by atoms with Crippen molar-refractivity contribution >= 4 is 21.7 Å². The highest BCUT2D eigenvalue weighted by Gasteiger charge is 2.20. The van der Waals surface area contributed by atoms with E-state index in [0.29, 0.717) is 5.75 Å². The van der Waals surface area contributed by atoms with Gasteiger partial charge < -0.3 is 10.5 Å². The first-order chi connectivity index (χ1) is 8.94. The topological polar surface area (TPSA) is 112 Å². The molecule has 0 saturated carbocycles. The third-order valence-corrected chi connectivity index (χ3v) is 3.85. The molecule has 0 atom stereocenters. The number of nitrogens with one attached hydrogen (secondary N) is 1. The second-order valence-electron chi connectivity index (χ2n) is 3.72. The largest absolute Gasteiger partial charge is 0.497 e. The molecule has 2 rings (SSSR count). The van der Waals surface area contributed by atoms with Crippen LogP contribution < -0.4 is 15.2 Å². The van der Waals surface area contributed by atoms with Gasteiger partial charge in [-0.05, 0) is 12.1 Å². The number of nitrogen functional groups attached to an aromatic ring is 1. The number of sulfonamides is 1. The first-order valence-electron chi connectivity index (χ1n) is 5.24. The molecule has 9 heteroatoms. The van der Waals surface area contributed by atoms with Gasteiger partial charge in [-0.2, -0.15) is 10.1 Å². The Kier molecular flexibility index (Phi) is 3.30. The van der Waals surface area contributed by atoms with Crippen LogP contribution in [0.25, 0.3) is 0 Å². The molecule has 0 radical (unpaired) electrons. The SMILES string of the molecule is COc1ccc(S(=O)(=O)Nc2ncnn2C)c(N)c1. The summed E-state index contributed by atoms with van der Waals surface area (Å²) >= 11 is 0. The van der Waals surface area contributed by atoms with Crippen LogP contribution in [-0.2, 0) is 17.1 Å². The number of anilines is 2. The van der Waals surface area contributed by atoms with E-state index in [2.05, 4.69) is 14.8 Å². The van der Waals surface area contributed by atoms with Gasteiger partial charge in [0.15, 0.2) is 0 Å². The van der Waals surface area contributed by atoms with E-state index in [1.165, 1.54) is 36.3 Å². The molecular weight excluding hydrogens is 270 g/mol. The molecule has 1 aromatic carbocycles. The average Bonchev–Trinajstić information content (AvgIpc) is 2.73. The van der Waals surface area contributed by atoms with Gasteiger partial charge in [-0.3, -0.25) is 0 Å². The van der Waals surface area contributed by atoms with Crippen molar-refractivity contribution in [3.63, 3.8) is 0 Å². The van der Waals surface area contributed by atoms with E-state index in [0.717, 1.165) is 0 Å². The maximum atomic E-state index is 12.2. The van der Waals surface area contributed by atoms with E-state index in [1.807, 2.05) is 0 Å². The second-order valence-corrected chi connectivity index (χ2v) is 5.37. The number of hydrogen-bond donors (Lipinski definition) is 2. The minimum Gasteiger partial charge on any atom is -0.497 e. The van der Waals surface area contributed by atoms with Crippen LogP contribution >= 0.6 is 0 Å². The summed E-state index contributed by atoms with van der Waals surface area (Å²) in [7, 11) is -0.771. The molecule has 19 heavy (non-hydrogen) atoms. The molecule has 102 valence electrons. The first kappa shape index (κ1) is 13.1. The number of rotatable bonds is 4. The molecule has 8 nitrogen and oxygen atoms in total. The molecule has 0 saturated heterocycles. The number of aryl methyl sites for hydroxylation is 1. The zero-order valence-electron chi connectivity index (χ0n) is 10.4. The number of hydrogen-bond acceptors (Lipinski definition) is 6. The molecule has 3 N–H and O–H groups in total. The zero-order chi connectivity index (χ0) is 14.0. The maximum Gasteiger partial charge on any atom is 0.266 e. The standard InChI is InChI=1S/C10H13N5O3S/c1-15-10(12-6-13-15)14-19(16,17)9-4-3-7(18-2)5-8(9)11/h3-6H,11H2,1-2H3,(H,12,13,14). The lowest BCUT2D eigenvalue weighted by Gasteiger charge is -2.10. The Hall–Kier alpha value is -2.29. The zero-order valence-corrected chi connectivity index (χ0v) is 11.2. The number of benzene rings is 1. The smallest absolute Gasteiger partial charge is 0.266 e. The monoisotopic (exact) mass is 283 g/mol. The third kappa shape index (κ3) is 2.60. The highest BCUT2D eigenvalue weighted by Crippen LogP contribution is 2.24. The molecule has 0 unspecified atom stereocenters. The van der Waals surface area contributed by atoms with Gasteiger partial charge in [0.2, 0.25) is 5.95 Å². The molecule has 0 bridgehead atoms. The predicted octanol–water partition coefficient (Wildman–Crippen LogP) is 0.207. The molecule has 0 aliphatic heterocycles. The minimum atomic E-state index is -3.82. The van der Waals surface area contributed by atoms with Crippen molar-refractivity contribution in [2.24, 2.45) is 7.05 Å². The predicted molar refractivity (Wildman–Crippen MR) is 69.2 cm³/mol. The summed E-state index contributed by atoms with van der Waals surface area (Å²) in [5, 5.41) is 3.77. The Bertz CT molecular complexity index is 695. The first-order valence-corrected chi connectivity index (χ1v) is 6.72. The van der Waals surface area contributed by atoms with Crippen molar-refractivity contribution in [2.75, 3.05) is 17.6 Å². The number of ether oxygens (including phenoxy) is 1. The molecule has 0 aliphatic carbocycles. The maximum absolute atomic E-state index is 12.2. The van der Waals surface area contributed by atoms with E-state index in [9.17, 15) is 8.42 Å². The molecule has 1 heterocycles. The normalized spacial score (nSPS) is 11.3. The van der Waals surface area contributed by atoms with E-state index >= 15 is 0 Å². The van der Waals surface area contributed by atoms with Crippen LogP contribution in [0.5, 0.6) is 5.75 Å². The molecule has 0 fully saturated rings. The van der Waals surface area contributed by atoms with Crippen molar-refractivity contribution in [3.8, 4) is 5.75 Å². The summed E-state index contributed by atoms with van der Waals surface area (Å²) in [5.41, 5.74) is 5.80. The lowest BCUT2D eigenvalue weighted by atomic mass is 10.3. The molecule has 0 aliphatic rings. The number of nitrogens with zero attached hydrogens (tertiary/aromatic N) is 3. The summed E-state index contributed by atoms with van der Waals surface area (Å²) in [4.78, 5) is 3.74. The summed E-state index contributed by atoms with van der Waals surface area (Å²) in [6, 6.07) is 4.32. The molecule has 0 amide bonds. The van der Waals surface area contributed by atoms with Crippen molar-refractivity contribution in [1.82, 2.24) is 14.8 Å². The quantitative estimate of drug-likeness (QED) is 0.775. The van der Waals surface area contributed by atoms with Gasteiger partial charge in [0.05, 0.1) is 12.8 Å². The van der Waals surface area contributed by atoms with Gasteiger partial charge in [0.1, 0.15) is 17.0 Å². The van der Waals surface area contributed by atoms with Crippen molar-refractivity contribution < 1.29 is 13.2 Å². The number of methoxy groups -OCH3 is 1. The lowest BCUT2D eigenvalue weighted by molar-refractivity contribution is 0.414. The van der Waals surface area contributed by atoms with Crippen LogP contribution in [0.3, 0.4) is 0 Å². The van der Waals surface area contributed by atoms with Gasteiger partial charge in [0, 0.05) is 13.1 Å². The lowest BCUT2D eigenvalue weighted by Crippen LogP contribution is -2.17. The Morgan fingerprint density at radius 1 is 1.42 bits per heavy atom. The Morgan fingerprint density at radius 2 is 2.16 bits per heavy atom. The summed E-state index contributed by atoms with van der Waals surface area (Å²) < 4.78 is 32.9. The van der Waals surface area contributed by atoms with Crippen molar-refractivity contribution in [2.45, 2.75) is 4.90 Å². The summed E-state index contributed by atoms with van der Waals surface area (Å²) in [6.45, 7) is 0. The fraction of sp³-hybridized carbons (Fsp3) is 0.200. The Labute approximate surface area is 110 Å². The number of nitrogens with two attached hydrogens (primary N) is 1. The molecule has 0 spiro atoms. The summed E-state index contributed by atoms with van der Waals surface area (Å²) in [5.74, 6) is 0.588. The second kappa shape index (κ2) is 4.76. The van der Waals surface area contributed by atoms with Crippen molar-refractivity contribution in [3.05, 3.63) is 24.5 Å². The molecular formula is C10H13N5O3S. The van der Waals surface area contributed by atoms with Crippen LogP contribution in [0.2, 0.25) is 0 Å². The minimum absolute atomic E-state index is 0.0451. The van der Waals surface area contributed by atoms with E-state index in [1.54, 1.807) is 7.05 Å². The van der Waals surface area contributed by atoms with Gasteiger partial charge in [-0.15, -0.1) is 0 Å². The van der Waals surface area contributed by atoms with Gasteiger partial charge in [0.25, 0.3) is 10.0 Å². The highest BCUT2D eigenvalue weighted by atomic mass is 32.2. The van der Waals surface area contributed by atoms with Gasteiger partial charge in [-0.25, -0.2) is 17.8 Å². The molecule has 1 aromatic heterocycles. The van der Waals surface area contributed by atoms with E-state index < -0.39 is 10.0 Å². The summed E-state index contributed by atoms with van der Waals surface area (Å²) in [6.07, 6.45) is 1.25. The van der Waals surface area contributed by atoms with Crippen LogP contribution in [0.1, 0.15) is 0 Å². The van der Waals surface area contributed by atoms with Crippen LogP contribution in [0, 0.1) is 0 Å². The van der Waals surface area contributed by atoms with E-state index in [4.69, 9.17) is 10.5 Å². The Morgan fingerprint density at radius 3 is 2.68 bits per heavy atom. The third-order valence-electron chi connectivity index (χ3n) is 2.44. The Balaban J connectivity index is 2.37. The van der Waals surface area contributed by atoms with Crippen LogP contribution in [0.4, 0.5) is 11.6 Å². The van der Waals surface area contributed by atoms with Gasteiger partial charge >= 0.3 is 0 Å². The van der Waals surface area contributed by atoms with E-state index in [-0.39, 0.29) is 16.5 Å². The molecule has 2 aromatic rings. The highest BCUT2D eigenvalue weighted by molar-refractivity contribution is 7.92.